The van der Waals surface area contributed by atoms with E-state index in [1.807, 2.05) is 0 Å². The van der Waals surface area contributed by atoms with Crippen LogP contribution in [0.3, 0.4) is 0 Å². The van der Waals surface area contributed by atoms with Crippen molar-refractivity contribution < 1.29 is 27.2 Å². The molecule has 2 heterocycles. The molecule has 1 aliphatic heterocycles. The molecule has 9 heteroatoms. The van der Waals surface area contributed by atoms with E-state index in [0.29, 0.717) is 13.0 Å². The maximum Gasteiger partial charge on any atom is 0.490 e. The van der Waals surface area contributed by atoms with Crippen LogP contribution in [0, 0.1) is 6.92 Å². The van der Waals surface area contributed by atoms with Gasteiger partial charge in [0, 0.05) is 6.92 Å². The van der Waals surface area contributed by atoms with Crippen LogP contribution in [0.1, 0.15) is 30.7 Å². The van der Waals surface area contributed by atoms with Crippen LogP contribution < -0.4 is 5.32 Å². The van der Waals surface area contributed by atoms with Crippen molar-refractivity contribution in [3.05, 3.63) is 11.7 Å². The van der Waals surface area contributed by atoms with Gasteiger partial charge in [-0.2, -0.15) is 18.2 Å². The number of carbonyl (C=O) groups excluding carboxylic acids is 1. The van der Waals surface area contributed by atoms with Crippen molar-refractivity contribution in [2.45, 2.75) is 38.1 Å². The molecule has 1 aromatic rings. The Balaban J connectivity index is 2.17. The van der Waals surface area contributed by atoms with Crippen LogP contribution in [0.2, 0.25) is 0 Å². The first-order chi connectivity index (χ1) is 8.88. The first-order valence-electron chi connectivity index (χ1n) is 5.69. The monoisotopic (exact) mass is 279 g/mol. The van der Waals surface area contributed by atoms with E-state index in [2.05, 4.69) is 20.2 Å². The smallest absolute Gasteiger partial charge is 0.446 e. The molecule has 1 saturated heterocycles. The highest BCUT2D eigenvalue weighted by atomic mass is 19.4. The zero-order chi connectivity index (χ0) is 14.0. The van der Waals surface area contributed by atoms with Gasteiger partial charge in [-0.3, -0.25) is 0 Å². The zero-order valence-electron chi connectivity index (χ0n) is 10.0. The number of alkyl halides is 3. The molecule has 0 spiro atoms. The molecule has 6 nitrogen and oxygen atoms in total. The van der Waals surface area contributed by atoms with Gasteiger partial charge in [0.1, 0.15) is 0 Å². The normalized spacial score (nSPS) is 21.4. The van der Waals surface area contributed by atoms with Gasteiger partial charge in [-0.05, 0) is 19.4 Å². The van der Waals surface area contributed by atoms with Crippen LogP contribution in [0.25, 0.3) is 0 Å². The molecule has 1 fully saturated rings. The summed E-state index contributed by atoms with van der Waals surface area (Å²) in [5.41, 5.74) is 0. The topological polar surface area (TPSA) is 77.2 Å². The molecular formula is C10H12F3N3O3. The van der Waals surface area contributed by atoms with E-state index in [1.165, 1.54) is 6.92 Å². The fourth-order valence-electron chi connectivity index (χ4n) is 1.90. The third kappa shape index (κ3) is 3.22. The van der Waals surface area contributed by atoms with Crippen molar-refractivity contribution in [1.82, 2.24) is 15.5 Å². The number of aromatic nitrogens is 2. The number of hydrogen-bond acceptors (Lipinski definition) is 6. The number of carbonyl (C=O) groups is 1. The molecule has 1 aliphatic rings. The van der Waals surface area contributed by atoms with E-state index in [9.17, 15) is 18.0 Å². The lowest BCUT2D eigenvalue weighted by molar-refractivity contribution is -0.207. The Labute approximate surface area is 106 Å². The molecule has 1 unspecified atom stereocenters. The van der Waals surface area contributed by atoms with E-state index in [0.717, 1.165) is 6.42 Å². The molecular weight excluding hydrogens is 267 g/mol. The molecule has 0 aromatic carbocycles. The number of nitrogens with zero attached hydrogens (tertiary/aromatic N) is 2. The fraction of sp³-hybridized carbons (Fsp3) is 0.700. The average molecular weight is 279 g/mol. The molecule has 19 heavy (non-hydrogen) atoms. The number of esters is 1. The van der Waals surface area contributed by atoms with Crippen molar-refractivity contribution in [2.75, 3.05) is 6.54 Å². The zero-order valence-corrected chi connectivity index (χ0v) is 10.0. The van der Waals surface area contributed by atoms with Gasteiger partial charge in [-0.15, -0.1) is 0 Å². The molecule has 0 amide bonds. The van der Waals surface area contributed by atoms with Crippen molar-refractivity contribution in [2.24, 2.45) is 0 Å². The molecule has 0 radical (unpaired) electrons. The van der Waals surface area contributed by atoms with Crippen molar-refractivity contribution in [1.29, 1.82) is 0 Å². The number of rotatable bonds is 3. The summed E-state index contributed by atoms with van der Waals surface area (Å²) in [5.74, 6) is -2.12. The summed E-state index contributed by atoms with van der Waals surface area (Å²) in [6.07, 6.45) is -4.89. The summed E-state index contributed by atoms with van der Waals surface area (Å²) in [6, 6.07) is -0.441. The minimum atomic E-state index is -5.05. The van der Waals surface area contributed by atoms with Crippen molar-refractivity contribution in [3.63, 3.8) is 0 Å². The van der Waals surface area contributed by atoms with Crippen LogP contribution in [0.5, 0.6) is 0 Å². The second kappa shape index (κ2) is 5.16. The number of halogens is 3. The van der Waals surface area contributed by atoms with Crippen LogP contribution in [-0.2, 0) is 9.53 Å². The highest BCUT2D eigenvalue weighted by Crippen LogP contribution is 2.28. The highest BCUT2D eigenvalue weighted by molar-refractivity contribution is 5.75. The van der Waals surface area contributed by atoms with Gasteiger partial charge in [0.15, 0.2) is 6.10 Å². The number of nitrogens with one attached hydrogen (secondary N) is 1. The molecule has 1 aromatic heterocycles. The highest BCUT2D eigenvalue weighted by Gasteiger charge is 2.45. The molecule has 0 bridgehead atoms. The number of aryl methyl sites for hydroxylation is 1. The molecule has 0 saturated carbocycles. The Morgan fingerprint density at radius 2 is 2.32 bits per heavy atom. The lowest BCUT2D eigenvalue weighted by Gasteiger charge is -2.21. The molecule has 106 valence electrons. The predicted octanol–water partition coefficient (Wildman–Crippen LogP) is 1.28. The van der Waals surface area contributed by atoms with Crippen molar-refractivity contribution in [3.8, 4) is 0 Å². The first-order valence-corrected chi connectivity index (χ1v) is 5.69. The van der Waals surface area contributed by atoms with E-state index in [-0.39, 0.29) is 11.7 Å². The first kappa shape index (κ1) is 13.8. The third-order valence-corrected chi connectivity index (χ3v) is 2.73. The quantitative estimate of drug-likeness (QED) is 0.840. The Morgan fingerprint density at radius 1 is 1.58 bits per heavy atom. The van der Waals surface area contributed by atoms with Gasteiger partial charge in [0.05, 0.1) is 6.04 Å². The van der Waals surface area contributed by atoms with Crippen LogP contribution in [-0.4, -0.2) is 34.9 Å². The minimum Gasteiger partial charge on any atom is -0.446 e. The van der Waals surface area contributed by atoms with Gasteiger partial charge < -0.3 is 14.6 Å². The fourth-order valence-corrected chi connectivity index (χ4v) is 1.90. The second-order valence-electron chi connectivity index (χ2n) is 4.20. The van der Waals surface area contributed by atoms with E-state index in [1.54, 1.807) is 0 Å². The van der Waals surface area contributed by atoms with E-state index >= 15 is 0 Å². The molecule has 2 atom stereocenters. The Hall–Kier alpha value is -1.64. The van der Waals surface area contributed by atoms with Gasteiger partial charge in [-0.25, -0.2) is 4.79 Å². The molecule has 0 aliphatic carbocycles. The van der Waals surface area contributed by atoms with Crippen LogP contribution in [0.15, 0.2) is 4.52 Å². The Kier molecular flexibility index (Phi) is 3.74. The van der Waals surface area contributed by atoms with Gasteiger partial charge >= 0.3 is 12.1 Å². The summed E-state index contributed by atoms with van der Waals surface area (Å²) in [4.78, 5) is 14.8. The van der Waals surface area contributed by atoms with E-state index in [4.69, 9.17) is 4.52 Å². The standard InChI is InChI=1S/C10H12F3N3O3/c1-5-15-8(16-19-5)7(6-3-2-4-14-6)18-9(17)10(11,12)13/h6-7,14H,2-4H2,1H3/t6?,7-/m0/s1. The lowest BCUT2D eigenvalue weighted by atomic mass is 10.1. The predicted molar refractivity (Wildman–Crippen MR) is 54.9 cm³/mol. The maximum atomic E-state index is 12.3. The van der Waals surface area contributed by atoms with Gasteiger partial charge in [-0.1, -0.05) is 5.16 Å². The second-order valence-corrected chi connectivity index (χ2v) is 4.20. The third-order valence-electron chi connectivity index (χ3n) is 2.73. The van der Waals surface area contributed by atoms with Gasteiger partial charge in [0.25, 0.3) is 0 Å². The van der Waals surface area contributed by atoms with Crippen molar-refractivity contribution >= 4 is 5.97 Å². The number of hydrogen-bond donors (Lipinski definition) is 1. The Morgan fingerprint density at radius 3 is 2.79 bits per heavy atom. The SMILES string of the molecule is Cc1nc([C@@H](OC(=O)C(F)(F)F)C2CCCN2)no1. The summed E-state index contributed by atoms with van der Waals surface area (Å²) in [5, 5.41) is 6.48. The maximum absolute atomic E-state index is 12.3. The lowest BCUT2D eigenvalue weighted by Crippen LogP contribution is -2.36. The average Bonchev–Trinajstić information content (AvgIpc) is 2.95. The molecule has 1 N–H and O–H groups in total. The summed E-state index contributed by atoms with van der Waals surface area (Å²) in [7, 11) is 0. The largest absolute Gasteiger partial charge is 0.490 e. The number of ether oxygens (including phenoxy) is 1. The minimum absolute atomic E-state index is 0.0606. The summed E-state index contributed by atoms with van der Waals surface area (Å²) in [6.45, 7) is 2.14. The molecule has 2 rings (SSSR count). The summed E-state index contributed by atoms with van der Waals surface area (Å²) < 4.78 is 46.0. The van der Waals surface area contributed by atoms with E-state index < -0.39 is 24.3 Å². The Bertz CT molecular complexity index is 454. The van der Waals surface area contributed by atoms with Gasteiger partial charge in [0.2, 0.25) is 11.7 Å². The van der Waals surface area contributed by atoms with Crippen LogP contribution in [0.4, 0.5) is 13.2 Å². The summed E-state index contributed by atoms with van der Waals surface area (Å²) >= 11 is 0. The van der Waals surface area contributed by atoms with Crippen LogP contribution >= 0.6 is 0 Å².